The van der Waals surface area contributed by atoms with E-state index in [9.17, 15) is 14.3 Å². The molecule has 1 aromatic heterocycles. The first-order chi connectivity index (χ1) is 12.6. The second-order valence-corrected chi connectivity index (χ2v) is 6.96. The zero-order chi connectivity index (χ0) is 18.1. The van der Waals surface area contributed by atoms with Gasteiger partial charge in [-0.3, -0.25) is 4.79 Å². The molecule has 2 aliphatic rings. The predicted octanol–water partition coefficient (Wildman–Crippen LogP) is 1.62. The van der Waals surface area contributed by atoms with E-state index in [4.69, 9.17) is 4.74 Å². The minimum Gasteiger partial charge on any atom is -0.487 e. The summed E-state index contributed by atoms with van der Waals surface area (Å²) in [6.45, 7) is 0.710. The topological polar surface area (TPSA) is 113 Å². The van der Waals surface area contributed by atoms with Crippen LogP contribution >= 0.6 is 0 Å². The van der Waals surface area contributed by atoms with Crippen LogP contribution < -0.4 is 10.1 Å². The molecule has 1 aromatic carbocycles. The Morgan fingerprint density at radius 1 is 1.27 bits per heavy atom. The fourth-order valence-corrected chi connectivity index (χ4v) is 4.06. The van der Waals surface area contributed by atoms with E-state index >= 15 is 0 Å². The molecular weight excluding hydrogens is 341 g/mol. The summed E-state index contributed by atoms with van der Waals surface area (Å²) < 4.78 is 20.4. The van der Waals surface area contributed by atoms with Crippen molar-refractivity contribution >= 4 is 5.97 Å². The van der Waals surface area contributed by atoms with E-state index in [2.05, 4.69) is 25.9 Å². The molecule has 0 spiro atoms. The number of fused-ring (bicyclic) bond motifs is 1. The molecular formula is C17H20FN5O3. The molecule has 0 bridgehead atoms. The average molecular weight is 361 g/mol. The number of hydrogen-bond acceptors (Lipinski definition) is 6. The van der Waals surface area contributed by atoms with Gasteiger partial charge in [0.25, 0.3) is 0 Å². The standard InChI is InChI=1S/C17H20FN5O3/c18-13-3-1-2-12(16-20-22-23-21-16)15(13)26-11-5-4-9-8-19-14(17(24)25)7-10(9)6-11/h1-3,9-11,14,19H,4-8H2,(H,24,25)(H,20,21,22,23)/t9-,10+,11-,14-/m0/s1. The van der Waals surface area contributed by atoms with E-state index < -0.39 is 17.8 Å². The number of carboxylic acid groups (broad SMARTS) is 1. The molecule has 9 heteroatoms. The molecule has 4 atom stereocenters. The van der Waals surface area contributed by atoms with Gasteiger partial charge in [0.2, 0.25) is 5.82 Å². The number of carbonyl (C=O) groups is 1. The van der Waals surface area contributed by atoms with Gasteiger partial charge in [0.05, 0.1) is 11.7 Å². The largest absolute Gasteiger partial charge is 0.487 e. The van der Waals surface area contributed by atoms with Crippen molar-refractivity contribution in [2.24, 2.45) is 11.8 Å². The number of piperidine rings is 1. The fraction of sp³-hybridized carbons (Fsp3) is 0.529. The van der Waals surface area contributed by atoms with Crippen LogP contribution in [-0.4, -0.2) is 50.4 Å². The van der Waals surface area contributed by atoms with Gasteiger partial charge in [-0.15, -0.1) is 10.2 Å². The van der Waals surface area contributed by atoms with E-state index in [1.54, 1.807) is 12.1 Å². The van der Waals surface area contributed by atoms with E-state index in [0.717, 1.165) is 19.3 Å². The molecule has 1 saturated heterocycles. The summed E-state index contributed by atoms with van der Waals surface area (Å²) in [4.78, 5) is 11.3. The van der Waals surface area contributed by atoms with Crippen LogP contribution in [0.4, 0.5) is 4.39 Å². The smallest absolute Gasteiger partial charge is 0.320 e. The molecule has 4 rings (SSSR count). The number of para-hydroxylation sites is 1. The SMILES string of the molecule is O=C(O)[C@@H]1C[C@H]2C[C@@H](Oc3c(F)cccc3-c3nn[nH]n3)CC[C@H]2CN1. The summed E-state index contributed by atoms with van der Waals surface area (Å²) in [7, 11) is 0. The van der Waals surface area contributed by atoms with Crippen LogP contribution in [0.1, 0.15) is 25.7 Å². The highest BCUT2D eigenvalue weighted by Crippen LogP contribution is 2.39. The van der Waals surface area contributed by atoms with Gasteiger partial charge in [-0.05, 0) is 61.4 Å². The highest BCUT2D eigenvalue weighted by molar-refractivity contribution is 5.73. The molecule has 1 saturated carbocycles. The summed E-state index contributed by atoms with van der Waals surface area (Å²) in [5, 5.41) is 26.0. The zero-order valence-corrected chi connectivity index (χ0v) is 14.1. The number of aromatic amines is 1. The molecule has 138 valence electrons. The summed E-state index contributed by atoms with van der Waals surface area (Å²) in [6.07, 6.45) is 2.87. The summed E-state index contributed by atoms with van der Waals surface area (Å²) in [5.74, 6) is -0.176. The van der Waals surface area contributed by atoms with Crippen LogP contribution in [-0.2, 0) is 4.79 Å². The van der Waals surface area contributed by atoms with Crippen molar-refractivity contribution in [1.29, 1.82) is 0 Å². The van der Waals surface area contributed by atoms with Crippen LogP contribution in [0.2, 0.25) is 0 Å². The van der Waals surface area contributed by atoms with E-state index in [1.807, 2.05) is 0 Å². The van der Waals surface area contributed by atoms with Crippen molar-refractivity contribution in [1.82, 2.24) is 25.9 Å². The van der Waals surface area contributed by atoms with Crippen LogP contribution in [0.15, 0.2) is 18.2 Å². The minimum atomic E-state index is -0.819. The Hall–Kier alpha value is -2.55. The van der Waals surface area contributed by atoms with Crippen LogP contribution in [0.25, 0.3) is 11.4 Å². The molecule has 2 aromatic rings. The van der Waals surface area contributed by atoms with Gasteiger partial charge < -0.3 is 15.2 Å². The molecule has 0 amide bonds. The number of benzene rings is 1. The number of aliphatic carboxylic acids is 1. The predicted molar refractivity (Wildman–Crippen MR) is 88.9 cm³/mol. The molecule has 0 radical (unpaired) electrons. The summed E-state index contributed by atoms with van der Waals surface area (Å²) in [5.41, 5.74) is 0.453. The van der Waals surface area contributed by atoms with Gasteiger partial charge in [-0.25, -0.2) is 4.39 Å². The lowest BCUT2D eigenvalue weighted by molar-refractivity contribution is -0.141. The molecule has 1 aliphatic carbocycles. The van der Waals surface area contributed by atoms with Gasteiger partial charge in [0.1, 0.15) is 6.04 Å². The highest BCUT2D eigenvalue weighted by Gasteiger charge is 2.38. The number of hydrogen-bond donors (Lipinski definition) is 3. The first-order valence-corrected chi connectivity index (χ1v) is 8.77. The zero-order valence-electron chi connectivity index (χ0n) is 14.1. The maximum Gasteiger partial charge on any atom is 0.320 e. The number of tetrazole rings is 1. The lowest BCUT2D eigenvalue weighted by atomic mass is 9.72. The second kappa shape index (κ2) is 6.99. The minimum absolute atomic E-state index is 0.126. The van der Waals surface area contributed by atoms with Crippen molar-refractivity contribution in [3.8, 4) is 17.1 Å². The number of nitrogens with zero attached hydrogens (tertiary/aromatic N) is 3. The average Bonchev–Trinajstić information content (AvgIpc) is 3.17. The summed E-state index contributed by atoms with van der Waals surface area (Å²) in [6, 6.07) is 4.10. The lowest BCUT2D eigenvalue weighted by Gasteiger charge is -2.41. The van der Waals surface area contributed by atoms with E-state index in [-0.39, 0.29) is 23.6 Å². The third kappa shape index (κ3) is 3.26. The van der Waals surface area contributed by atoms with Crippen molar-refractivity contribution in [2.75, 3.05) is 6.54 Å². The van der Waals surface area contributed by atoms with Crippen molar-refractivity contribution < 1.29 is 19.0 Å². The quantitative estimate of drug-likeness (QED) is 0.758. The second-order valence-electron chi connectivity index (χ2n) is 6.96. The number of ether oxygens (including phenoxy) is 1. The Labute approximate surface area is 149 Å². The highest BCUT2D eigenvalue weighted by atomic mass is 19.1. The number of H-pyrrole nitrogens is 1. The van der Waals surface area contributed by atoms with E-state index in [0.29, 0.717) is 24.4 Å². The molecule has 2 heterocycles. The Morgan fingerprint density at radius 2 is 2.15 bits per heavy atom. The third-order valence-electron chi connectivity index (χ3n) is 5.39. The Balaban J connectivity index is 1.51. The number of aromatic nitrogens is 4. The van der Waals surface area contributed by atoms with Crippen LogP contribution in [0.3, 0.4) is 0 Å². The number of carboxylic acids is 1. The maximum absolute atomic E-state index is 14.4. The molecule has 3 N–H and O–H groups in total. The van der Waals surface area contributed by atoms with Gasteiger partial charge in [0, 0.05) is 0 Å². The fourth-order valence-electron chi connectivity index (χ4n) is 4.06. The summed E-state index contributed by atoms with van der Waals surface area (Å²) >= 11 is 0. The first kappa shape index (κ1) is 16.9. The van der Waals surface area contributed by atoms with Gasteiger partial charge >= 0.3 is 5.97 Å². The first-order valence-electron chi connectivity index (χ1n) is 8.77. The lowest BCUT2D eigenvalue weighted by Crippen LogP contribution is -2.50. The molecule has 0 unspecified atom stereocenters. The Bertz CT molecular complexity index is 785. The van der Waals surface area contributed by atoms with Gasteiger partial charge in [-0.2, -0.15) is 5.21 Å². The van der Waals surface area contributed by atoms with Crippen molar-refractivity contribution in [3.63, 3.8) is 0 Å². The molecule has 1 aliphatic heterocycles. The van der Waals surface area contributed by atoms with E-state index in [1.165, 1.54) is 6.07 Å². The van der Waals surface area contributed by atoms with Gasteiger partial charge in [-0.1, -0.05) is 6.07 Å². The number of halogens is 1. The van der Waals surface area contributed by atoms with Crippen molar-refractivity contribution in [3.05, 3.63) is 24.0 Å². The molecule has 8 nitrogen and oxygen atoms in total. The van der Waals surface area contributed by atoms with Crippen molar-refractivity contribution in [2.45, 2.75) is 37.8 Å². The molecule has 2 fully saturated rings. The third-order valence-corrected chi connectivity index (χ3v) is 5.39. The van der Waals surface area contributed by atoms with Crippen LogP contribution in [0, 0.1) is 17.7 Å². The van der Waals surface area contributed by atoms with Crippen LogP contribution in [0.5, 0.6) is 5.75 Å². The Morgan fingerprint density at radius 3 is 2.92 bits per heavy atom. The normalized spacial score (nSPS) is 28.3. The maximum atomic E-state index is 14.4. The number of nitrogens with one attached hydrogen (secondary N) is 2. The molecule has 26 heavy (non-hydrogen) atoms. The number of rotatable bonds is 4. The van der Waals surface area contributed by atoms with Gasteiger partial charge in [0.15, 0.2) is 11.6 Å². The Kier molecular flexibility index (Phi) is 4.54. The monoisotopic (exact) mass is 361 g/mol.